The summed E-state index contributed by atoms with van der Waals surface area (Å²) < 4.78 is 32.9. The van der Waals surface area contributed by atoms with Crippen LogP contribution in [0.4, 0.5) is 5.69 Å². The zero-order valence-corrected chi connectivity index (χ0v) is 18.1. The maximum atomic E-state index is 13.0. The number of piperidine rings is 1. The molecule has 1 fully saturated rings. The number of hydrogen-bond acceptors (Lipinski definition) is 4. The van der Waals surface area contributed by atoms with Crippen molar-refractivity contribution in [3.8, 4) is 5.75 Å². The van der Waals surface area contributed by atoms with Crippen LogP contribution in [0.25, 0.3) is 0 Å². The van der Waals surface area contributed by atoms with Crippen molar-refractivity contribution in [1.82, 2.24) is 4.31 Å². The Bertz CT molecular complexity index is 986. The van der Waals surface area contributed by atoms with Crippen LogP contribution in [0.1, 0.15) is 25.3 Å². The molecule has 6 nitrogen and oxygen atoms in total. The first-order valence-corrected chi connectivity index (χ1v) is 11.4. The number of sulfonamides is 1. The Hall–Kier alpha value is -2.09. The van der Waals surface area contributed by atoms with Gasteiger partial charge in [-0.1, -0.05) is 17.7 Å². The lowest BCUT2D eigenvalue weighted by Crippen LogP contribution is -2.41. The third kappa shape index (κ3) is 5.10. The molecule has 0 saturated carbocycles. The van der Waals surface area contributed by atoms with Gasteiger partial charge in [0.25, 0.3) is 0 Å². The van der Waals surface area contributed by atoms with Crippen LogP contribution < -0.4 is 10.1 Å². The third-order valence-electron chi connectivity index (χ3n) is 5.00. The fourth-order valence-electron chi connectivity index (χ4n) is 3.42. The van der Waals surface area contributed by atoms with E-state index in [0.29, 0.717) is 49.0 Å². The number of hydrogen-bond donors (Lipinski definition) is 1. The lowest BCUT2D eigenvalue weighted by Gasteiger charge is -2.30. The van der Waals surface area contributed by atoms with Crippen molar-refractivity contribution in [2.75, 3.05) is 25.0 Å². The minimum absolute atomic E-state index is 0.110. The molecule has 1 saturated heterocycles. The van der Waals surface area contributed by atoms with Gasteiger partial charge in [-0.3, -0.25) is 4.79 Å². The highest BCUT2D eigenvalue weighted by molar-refractivity contribution is 7.89. The molecule has 0 bridgehead atoms. The van der Waals surface area contributed by atoms with Crippen molar-refractivity contribution >= 4 is 33.2 Å². The summed E-state index contributed by atoms with van der Waals surface area (Å²) in [5.74, 6) is 0.339. The summed E-state index contributed by atoms with van der Waals surface area (Å²) in [5, 5.41) is 3.41. The molecular formula is C21H25ClN2O4S. The van der Waals surface area contributed by atoms with Crippen molar-refractivity contribution < 1.29 is 17.9 Å². The van der Waals surface area contributed by atoms with Crippen molar-refractivity contribution in [3.63, 3.8) is 0 Å². The van der Waals surface area contributed by atoms with Gasteiger partial charge in [0.2, 0.25) is 15.9 Å². The predicted molar refractivity (Wildman–Crippen MR) is 114 cm³/mol. The van der Waals surface area contributed by atoms with E-state index in [2.05, 4.69) is 5.32 Å². The zero-order chi connectivity index (χ0) is 21.0. The molecule has 156 valence electrons. The monoisotopic (exact) mass is 436 g/mol. The van der Waals surface area contributed by atoms with Crippen molar-refractivity contribution in [3.05, 3.63) is 53.1 Å². The molecule has 0 aromatic heterocycles. The number of carbonyl (C=O) groups is 1. The van der Waals surface area contributed by atoms with E-state index in [4.69, 9.17) is 16.3 Å². The van der Waals surface area contributed by atoms with Crippen molar-refractivity contribution in [1.29, 1.82) is 0 Å². The molecule has 0 spiro atoms. The second-order valence-electron chi connectivity index (χ2n) is 7.04. The molecule has 0 atom stereocenters. The molecular weight excluding hydrogens is 412 g/mol. The average molecular weight is 437 g/mol. The Kier molecular flexibility index (Phi) is 6.82. The topological polar surface area (TPSA) is 75.7 Å². The van der Waals surface area contributed by atoms with E-state index in [0.717, 1.165) is 5.56 Å². The Morgan fingerprint density at radius 1 is 1.21 bits per heavy atom. The molecule has 2 aromatic rings. The minimum atomic E-state index is -3.60. The zero-order valence-electron chi connectivity index (χ0n) is 16.5. The largest absolute Gasteiger partial charge is 0.494 e. The molecule has 1 aliphatic heterocycles. The van der Waals surface area contributed by atoms with Crippen LogP contribution in [0, 0.1) is 12.8 Å². The summed E-state index contributed by atoms with van der Waals surface area (Å²) >= 11 is 5.95. The summed E-state index contributed by atoms with van der Waals surface area (Å²) in [6.07, 6.45) is 0.948. The summed E-state index contributed by atoms with van der Waals surface area (Å²) in [7, 11) is -3.60. The quantitative estimate of drug-likeness (QED) is 0.740. The third-order valence-corrected chi connectivity index (χ3v) is 7.13. The molecule has 1 amide bonds. The van der Waals surface area contributed by atoms with Crippen LogP contribution in [0.2, 0.25) is 5.02 Å². The fraction of sp³-hybridized carbons (Fsp3) is 0.381. The SMILES string of the molecule is CCOc1ccc(S(=O)(=O)N2CCC(C(=O)Nc3cccc(Cl)c3)CC2)cc1C. The van der Waals surface area contributed by atoms with Crippen LogP contribution in [0.15, 0.2) is 47.4 Å². The normalized spacial score (nSPS) is 15.8. The fourth-order valence-corrected chi connectivity index (χ4v) is 5.16. The Morgan fingerprint density at radius 3 is 2.55 bits per heavy atom. The molecule has 0 aliphatic carbocycles. The summed E-state index contributed by atoms with van der Waals surface area (Å²) in [4.78, 5) is 12.8. The van der Waals surface area contributed by atoms with Gasteiger partial charge < -0.3 is 10.1 Å². The van der Waals surface area contributed by atoms with Gasteiger partial charge in [-0.25, -0.2) is 8.42 Å². The highest BCUT2D eigenvalue weighted by atomic mass is 35.5. The lowest BCUT2D eigenvalue weighted by molar-refractivity contribution is -0.120. The molecule has 2 aromatic carbocycles. The molecule has 1 N–H and O–H groups in total. The van der Waals surface area contributed by atoms with E-state index in [9.17, 15) is 13.2 Å². The van der Waals surface area contributed by atoms with Crippen LogP contribution >= 0.6 is 11.6 Å². The highest BCUT2D eigenvalue weighted by Crippen LogP contribution is 2.28. The van der Waals surface area contributed by atoms with Crippen LogP contribution in [0.3, 0.4) is 0 Å². The van der Waals surface area contributed by atoms with Gasteiger partial charge >= 0.3 is 0 Å². The first kappa shape index (κ1) is 21.6. The first-order valence-electron chi connectivity index (χ1n) is 9.61. The standard InChI is InChI=1S/C21H25ClN2O4S/c1-3-28-20-8-7-19(13-15(20)2)29(26,27)24-11-9-16(10-12-24)21(25)23-18-6-4-5-17(22)14-18/h4-8,13-14,16H,3,9-12H2,1-2H3,(H,23,25). The molecule has 1 heterocycles. The number of ether oxygens (including phenoxy) is 1. The number of benzene rings is 2. The van der Waals surface area contributed by atoms with Gasteiger partial charge in [0.05, 0.1) is 11.5 Å². The van der Waals surface area contributed by atoms with E-state index in [-0.39, 0.29) is 16.7 Å². The summed E-state index contributed by atoms with van der Waals surface area (Å²) in [6.45, 7) is 4.86. The molecule has 3 rings (SSSR count). The summed E-state index contributed by atoms with van der Waals surface area (Å²) in [6, 6.07) is 11.9. The number of carbonyl (C=O) groups excluding carboxylic acids is 1. The Balaban J connectivity index is 1.63. The van der Waals surface area contributed by atoms with Crippen LogP contribution in [-0.2, 0) is 14.8 Å². The van der Waals surface area contributed by atoms with Gasteiger partial charge in [-0.15, -0.1) is 0 Å². The minimum Gasteiger partial charge on any atom is -0.494 e. The number of rotatable bonds is 6. The van der Waals surface area contributed by atoms with Gasteiger partial charge in [0.1, 0.15) is 5.75 Å². The molecule has 29 heavy (non-hydrogen) atoms. The van der Waals surface area contributed by atoms with E-state index in [1.165, 1.54) is 4.31 Å². The number of amides is 1. The number of aryl methyl sites for hydroxylation is 1. The maximum absolute atomic E-state index is 13.0. The van der Waals surface area contributed by atoms with Gasteiger partial charge in [0.15, 0.2) is 0 Å². The number of anilines is 1. The maximum Gasteiger partial charge on any atom is 0.243 e. The van der Waals surface area contributed by atoms with Crippen molar-refractivity contribution in [2.45, 2.75) is 31.6 Å². The van der Waals surface area contributed by atoms with Crippen LogP contribution in [0.5, 0.6) is 5.75 Å². The van der Waals surface area contributed by atoms with Gasteiger partial charge in [-0.2, -0.15) is 4.31 Å². The second-order valence-corrected chi connectivity index (χ2v) is 9.41. The van der Waals surface area contributed by atoms with E-state index < -0.39 is 10.0 Å². The van der Waals surface area contributed by atoms with E-state index in [1.807, 2.05) is 13.8 Å². The molecule has 0 unspecified atom stereocenters. The van der Waals surface area contributed by atoms with Crippen LogP contribution in [-0.4, -0.2) is 38.3 Å². The predicted octanol–water partition coefficient (Wildman–Crippen LogP) is 4.09. The van der Waals surface area contributed by atoms with Crippen molar-refractivity contribution in [2.24, 2.45) is 5.92 Å². The van der Waals surface area contributed by atoms with E-state index in [1.54, 1.807) is 42.5 Å². The smallest absolute Gasteiger partial charge is 0.243 e. The Morgan fingerprint density at radius 2 is 1.93 bits per heavy atom. The highest BCUT2D eigenvalue weighted by Gasteiger charge is 2.32. The first-order chi connectivity index (χ1) is 13.8. The van der Waals surface area contributed by atoms with Gasteiger partial charge in [0, 0.05) is 29.7 Å². The number of nitrogens with one attached hydrogen (secondary N) is 1. The van der Waals surface area contributed by atoms with E-state index >= 15 is 0 Å². The molecule has 8 heteroatoms. The number of nitrogens with zero attached hydrogens (tertiary/aromatic N) is 1. The molecule has 1 aliphatic rings. The van der Waals surface area contributed by atoms with Gasteiger partial charge in [-0.05, 0) is 68.7 Å². The average Bonchev–Trinajstić information content (AvgIpc) is 2.69. The lowest BCUT2D eigenvalue weighted by atomic mass is 9.97. The molecule has 0 radical (unpaired) electrons. The Labute approximate surface area is 176 Å². The number of halogens is 1. The second kappa shape index (κ2) is 9.15. The summed E-state index contributed by atoms with van der Waals surface area (Å²) in [5.41, 5.74) is 1.42.